The van der Waals surface area contributed by atoms with Gasteiger partial charge in [-0.1, -0.05) is 30.3 Å². The molecule has 0 unspecified atom stereocenters. The van der Waals surface area contributed by atoms with E-state index in [4.69, 9.17) is 0 Å². The Balaban J connectivity index is 1.07. The minimum Gasteiger partial charge on any atom is -0.481 e. The number of carbonyl (C=O) groups excluding carboxylic acids is 5. The van der Waals surface area contributed by atoms with Gasteiger partial charge in [0.05, 0.1) is 6.42 Å². The molecular formula is C36H44N6O7. The van der Waals surface area contributed by atoms with E-state index < -0.39 is 60.3 Å². The van der Waals surface area contributed by atoms with Crippen molar-refractivity contribution in [3.05, 3.63) is 60.2 Å². The van der Waals surface area contributed by atoms with Crippen molar-refractivity contribution >= 4 is 47.1 Å². The second-order valence-electron chi connectivity index (χ2n) is 14.5. The molecule has 0 radical (unpaired) electrons. The van der Waals surface area contributed by atoms with Gasteiger partial charge in [0, 0.05) is 31.0 Å². The molecule has 260 valence electrons. The van der Waals surface area contributed by atoms with Crippen molar-refractivity contribution in [2.75, 3.05) is 24.2 Å². The van der Waals surface area contributed by atoms with Crippen LogP contribution in [0.25, 0.3) is 0 Å². The van der Waals surface area contributed by atoms with E-state index in [1.54, 1.807) is 50.2 Å². The molecule has 4 aliphatic carbocycles. The zero-order valence-electron chi connectivity index (χ0n) is 28.1. The van der Waals surface area contributed by atoms with Crippen LogP contribution in [0, 0.1) is 23.7 Å². The van der Waals surface area contributed by atoms with Crippen LogP contribution in [0.1, 0.15) is 57.9 Å². The molecule has 4 N–H and O–H groups in total. The molecule has 1 aliphatic heterocycles. The van der Waals surface area contributed by atoms with E-state index in [-0.39, 0.29) is 12.6 Å². The molecule has 5 aliphatic rings. The van der Waals surface area contributed by atoms with Gasteiger partial charge in [0.2, 0.25) is 11.8 Å². The lowest BCUT2D eigenvalue weighted by Gasteiger charge is -2.54. The Bertz CT molecular complexity index is 1600. The van der Waals surface area contributed by atoms with Crippen molar-refractivity contribution in [2.45, 2.75) is 76.5 Å². The van der Waals surface area contributed by atoms with Gasteiger partial charge in [0.15, 0.2) is 0 Å². The fourth-order valence-electron chi connectivity index (χ4n) is 8.43. The van der Waals surface area contributed by atoms with Gasteiger partial charge in [-0.25, -0.2) is 9.59 Å². The summed E-state index contributed by atoms with van der Waals surface area (Å²) >= 11 is 0. The number of carboxylic acids is 1. The maximum absolute atomic E-state index is 13.6. The van der Waals surface area contributed by atoms with Gasteiger partial charge in [-0.05, 0) is 99.5 Å². The SMILES string of the molecule is CN(C(=O)CN1C(=O)N(Cc2ccc(NC(=O)Nc3ccccc3)cc2)C(C)(C)C1=O)[C@@H](CC(=O)O)C(=O)NC1C2CC3CC(C2)CC1C3. The summed E-state index contributed by atoms with van der Waals surface area (Å²) in [6, 6.07) is 13.4. The number of amides is 7. The van der Waals surface area contributed by atoms with Crippen LogP contribution in [0.5, 0.6) is 0 Å². The van der Waals surface area contributed by atoms with Gasteiger partial charge in [-0.2, -0.15) is 0 Å². The number of anilines is 2. The molecule has 0 spiro atoms. The summed E-state index contributed by atoms with van der Waals surface area (Å²) in [6.45, 7) is 2.62. The molecule has 1 saturated heterocycles. The number of imide groups is 1. The molecule has 7 amide bonds. The number of hydrogen-bond acceptors (Lipinski definition) is 6. The summed E-state index contributed by atoms with van der Waals surface area (Å²) in [5, 5.41) is 18.2. The van der Waals surface area contributed by atoms with Crippen molar-refractivity contribution < 1.29 is 33.9 Å². The highest BCUT2D eigenvalue weighted by Gasteiger charge is 2.52. The molecule has 0 aromatic heterocycles. The number of carboxylic acid groups (broad SMARTS) is 1. The largest absolute Gasteiger partial charge is 0.481 e. The predicted molar refractivity (Wildman–Crippen MR) is 180 cm³/mol. The first-order chi connectivity index (χ1) is 23.3. The standard InChI is InChI=1S/C36H44N6O7/c1-36(2)33(47)41(35(49)42(36)19-21-9-11-27(12-10-21)38-34(48)37-26-7-5-4-6-8-26)20-29(43)40(3)28(18-30(44)45)32(46)39-31-24-14-22-13-23(16-24)17-25(31)15-22/h4-12,22-25,28,31H,13-20H2,1-3H3,(H,39,46)(H,44,45)(H2,37,38,48)/t22?,23?,24?,25?,28-,31?/m0/s1. The lowest BCUT2D eigenvalue weighted by molar-refractivity contribution is -0.148. The maximum atomic E-state index is 13.6. The average Bonchev–Trinajstić information content (AvgIpc) is 3.20. The topological polar surface area (TPSA) is 168 Å². The lowest BCUT2D eigenvalue weighted by atomic mass is 9.54. The molecule has 1 atom stereocenters. The van der Waals surface area contributed by atoms with Crippen LogP contribution in [0.3, 0.4) is 0 Å². The van der Waals surface area contributed by atoms with Crippen molar-refractivity contribution in [1.82, 2.24) is 20.0 Å². The first-order valence-corrected chi connectivity index (χ1v) is 16.9. The second kappa shape index (κ2) is 13.5. The Morgan fingerprint density at radius 3 is 2.02 bits per heavy atom. The molecule has 49 heavy (non-hydrogen) atoms. The van der Waals surface area contributed by atoms with Crippen molar-refractivity contribution in [3.63, 3.8) is 0 Å². The number of rotatable bonds is 11. The van der Waals surface area contributed by atoms with Gasteiger partial charge >= 0.3 is 18.0 Å². The van der Waals surface area contributed by atoms with E-state index in [0.717, 1.165) is 35.5 Å². The minimum atomic E-state index is -1.29. The number of likely N-dealkylation sites (N-methyl/N-ethyl adjacent to an activating group) is 1. The van der Waals surface area contributed by atoms with Crippen molar-refractivity contribution in [3.8, 4) is 0 Å². The molecule has 13 heteroatoms. The first kappa shape index (κ1) is 33.9. The van der Waals surface area contributed by atoms with Gasteiger partial charge in [-0.3, -0.25) is 24.1 Å². The molecule has 7 rings (SSSR count). The Kier molecular flexibility index (Phi) is 9.37. The van der Waals surface area contributed by atoms with E-state index in [9.17, 15) is 33.9 Å². The second-order valence-corrected chi connectivity index (χ2v) is 14.5. The Hall–Kier alpha value is -4.94. The molecule has 2 aromatic rings. The molecular weight excluding hydrogens is 628 g/mol. The van der Waals surface area contributed by atoms with Crippen LogP contribution in [0.15, 0.2) is 54.6 Å². The fraction of sp³-hybridized carbons (Fsp3) is 0.500. The fourth-order valence-corrected chi connectivity index (χ4v) is 8.43. The van der Waals surface area contributed by atoms with E-state index in [0.29, 0.717) is 40.6 Å². The third-order valence-corrected chi connectivity index (χ3v) is 10.8. The number of aliphatic carboxylic acids is 1. The summed E-state index contributed by atoms with van der Waals surface area (Å²) in [6.07, 6.45) is 4.92. The number of hydrogen-bond donors (Lipinski definition) is 4. The number of para-hydroxylation sites is 1. The lowest BCUT2D eigenvalue weighted by Crippen LogP contribution is -2.60. The van der Waals surface area contributed by atoms with Gasteiger partial charge in [-0.15, -0.1) is 0 Å². The molecule has 4 bridgehead atoms. The van der Waals surface area contributed by atoms with E-state index in [2.05, 4.69) is 16.0 Å². The summed E-state index contributed by atoms with van der Waals surface area (Å²) in [5.41, 5.74) is 0.582. The smallest absolute Gasteiger partial charge is 0.328 e. The molecule has 1 heterocycles. The minimum absolute atomic E-state index is 0.0347. The maximum Gasteiger partial charge on any atom is 0.328 e. The number of nitrogens with one attached hydrogen (secondary N) is 3. The monoisotopic (exact) mass is 672 g/mol. The number of urea groups is 2. The zero-order chi connectivity index (χ0) is 35.0. The quantitative estimate of drug-likeness (QED) is 0.261. The van der Waals surface area contributed by atoms with Gasteiger partial charge in [0.25, 0.3) is 5.91 Å². The van der Waals surface area contributed by atoms with Crippen molar-refractivity contribution in [1.29, 1.82) is 0 Å². The predicted octanol–water partition coefficient (Wildman–Crippen LogP) is 4.12. The van der Waals surface area contributed by atoms with Crippen LogP contribution in [0.2, 0.25) is 0 Å². The molecule has 2 aromatic carbocycles. The number of benzene rings is 2. The first-order valence-electron chi connectivity index (χ1n) is 16.9. The Morgan fingerprint density at radius 1 is 0.878 bits per heavy atom. The van der Waals surface area contributed by atoms with Crippen LogP contribution in [0.4, 0.5) is 21.0 Å². The van der Waals surface area contributed by atoms with Crippen LogP contribution >= 0.6 is 0 Å². The normalized spacial score (nSPS) is 25.6. The van der Waals surface area contributed by atoms with E-state index >= 15 is 0 Å². The molecule has 4 saturated carbocycles. The van der Waals surface area contributed by atoms with E-state index in [1.165, 1.54) is 18.4 Å². The highest BCUT2D eigenvalue weighted by Crippen LogP contribution is 2.53. The van der Waals surface area contributed by atoms with Crippen LogP contribution in [-0.4, -0.2) is 86.8 Å². The third kappa shape index (κ3) is 7.11. The highest BCUT2D eigenvalue weighted by atomic mass is 16.4. The third-order valence-electron chi connectivity index (χ3n) is 10.8. The summed E-state index contributed by atoms with van der Waals surface area (Å²) in [5.74, 6) is -0.917. The van der Waals surface area contributed by atoms with Crippen molar-refractivity contribution in [2.24, 2.45) is 23.7 Å². The van der Waals surface area contributed by atoms with Crippen LogP contribution < -0.4 is 16.0 Å². The molecule has 13 nitrogen and oxygen atoms in total. The average molecular weight is 673 g/mol. The van der Waals surface area contributed by atoms with Gasteiger partial charge < -0.3 is 30.9 Å². The Labute approximate surface area is 285 Å². The summed E-state index contributed by atoms with van der Waals surface area (Å²) in [7, 11) is 1.34. The molecule has 5 fully saturated rings. The van der Waals surface area contributed by atoms with Gasteiger partial charge in [0.1, 0.15) is 18.1 Å². The zero-order valence-corrected chi connectivity index (χ0v) is 28.1. The van der Waals surface area contributed by atoms with Crippen LogP contribution in [-0.2, 0) is 25.7 Å². The summed E-state index contributed by atoms with van der Waals surface area (Å²) < 4.78 is 0. The number of nitrogens with zero attached hydrogens (tertiary/aromatic N) is 3. The Morgan fingerprint density at radius 2 is 1.45 bits per heavy atom. The highest BCUT2D eigenvalue weighted by molar-refractivity contribution is 6.08. The number of carbonyl (C=O) groups is 6. The summed E-state index contributed by atoms with van der Waals surface area (Å²) in [4.78, 5) is 81.6. The van der Waals surface area contributed by atoms with E-state index in [1.807, 2.05) is 18.2 Å².